The summed E-state index contributed by atoms with van der Waals surface area (Å²) < 4.78 is 13.7. The number of nitrogens with one attached hydrogen (secondary N) is 1. The molecule has 2 aromatic rings. The van der Waals surface area contributed by atoms with Crippen LogP contribution in [0.15, 0.2) is 46.9 Å². The predicted octanol–water partition coefficient (Wildman–Crippen LogP) is 3.75. The molecule has 0 unspecified atom stereocenters. The van der Waals surface area contributed by atoms with Gasteiger partial charge < -0.3 is 5.32 Å². The van der Waals surface area contributed by atoms with Crippen molar-refractivity contribution in [2.75, 3.05) is 5.32 Å². The smallest absolute Gasteiger partial charge is 0.285 e. The Kier molecular flexibility index (Phi) is 4.09. The number of nitro groups is 1. The number of rotatable bonds is 3. The number of halogens is 2. The molecule has 0 aliphatic heterocycles. The van der Waals surface area contributed by atoms with E-state index in [1.807, 2.05) is 0 Å². The van der Waals surface area contributed by atoms with Gasteiger partial charge in [0, 0.05) is 4.47 Å². The van der Waals surface area contributed by atoms with Crippen molar-refractivity contribution in [1.82, 2.24) is 0 Å². The summed E-state index contributed by atoms with van der Waals surface area (Å²) in [6.45, 7) is 0. The summed E-state index contributed by atoms with van der Waals surface area (Å²) in [5.74, 6) is -1.45. The van der Waals surface area contributed by atoms with Crippen LogP contribution in [0.4, 0.5) is 15.8 Å². The van der Waals surface area contributed by atoms with Gasteiger partial charge in [-0.05, 0) is 40.2 Å². The lowest BCUT2D eigenvalue weighted by atomic mass is 10.1. The van der Waals surface area contributed by atoms with Gasteiger partial charge in [0.2, 0.25) is 0 Å². The van der Waals surface area contributed by atoms with Gasteiger partial charge in [0.1, 0.15) is 11.4 Å². The molecule has 1 N–H and O–H groups in total. The summed E-state index contributed by atoms with van der Waals surface area (Å²) in [4.78, 5) is 22.1. The van der Waals surface area contributed by atoms with Gasteiger partial charge in [-0.25, -0.2) is 4.39 Å². The van der Waals surface area contributed by atoms with Crippen LogP contribution >= 0.6 is 15.9 Å². The molecule has 0 radical (unpaired) electrons. The molecular weight excluding hydrogens is 331 g/mol. The molecule has 0 spiro atoms. The highest BCUT2D eigenvalue weighted by atomic mass is 79.9. The molecule has 102 valence electrons. The molecule has 7 heteroatoms. The third kappa shape index (κ3) is 3.00. The van der Waals surface area contributed by atoms with Crippen LogP contribution in [0.5, 0.6) is 0 Å². The van der Waals surface area contributed by atoms with Crippen LogP contribution < -0.4 is 5.32 Å². The number of hydrogen-bond acceptors (Lipinski definition) is 3. The van der Waals surface area contributed by atoms with Gasteiger partial charge in [0.05, 0.1) is 16.7 Å². The van der Waals surface area contributed by atoms with E-state index in [1.54, 1.807) is 24.3 Å². The molecule has 0 aromatic heterocycles. The monoisotopic (exact) mass is 338 g/mol. The van der Waals surface area contributed by atoms with E-state index in [-0.39, 0.29) is 5.56 Å². The van der Waals surface area contributed by atoms with Crippen molar-refractivity contribution < 1.29 is 14.1 Å². The maximum atomic E-state index is 13.0. The summed E-state index contributed by atoms with van der Waals surface area (Å²) in [6.07, 6.45) is 0. The zero-order chi connectivity index (χ0) is 14.7. The van der Waals surface area contributed by atoms with Gasteiger partial charge >= 0.3 is 0 Å². The molecule has 0 saturated heterocycles. The maximum Gasteiger partial charge on any atom is 0.285 e. The zero-order valence-electron chi connectivity index (χ0n) is 9.97. The first kappa shape index (κ1) is 14.1. The number of nitro benzene ring substituents is 1. The van der Waals surface area contributed by atoms with Crippen molar-refractivity contribution in [2.24, 2.45) is 0 Å². The summed E-state index contributed by atoms with van der Waals surface area (Å²) in [5.41, 5.74) is -0.308. The van der Waals surface area contributed by atoms with Crippen LogP contribution in [0.2, 0.25) is 0 Å². The fourth-order valence-corrected chi connectivity index (χ4v) is 1.98. The van der Waals surface area contributed by atoms with Crippen LogP contribution in [0.25, 0.3) is 0 Å². The van der Waals surface area contributed by atoms with Crippen molar-refractivity contribution in [3.8, 4) is 0 Å². The van der Waals surface area contributed by atoms with Crippen molar-refractivity contribution in [3.63, 3.8) is 0 Å². The van der Waals surface area contributed by atoms with Crippen LogP contribution in [-0.2, 0) is 0 Å². The molecule has 1 amide bonds. The Labute approximate surface area is 121 Å². The minimum atomic E-state index is -0.794. The number of nitrogens with zero attached hydrogens (tertiary/aromatic N) is 1. The van der Waals surface area contributed by atoms with Gasteiger partial charge in [0.25, 0.3) is 11.6 Å². The number of hydrogen-bond donors (Lipinski definition) is 1. The Bertz CT molecular complexity index is 691. The van der Waals surface area contributed by atoms with E-state index in [4.69, 9.17) is 0 Å². The molecule has 2 aromatic carbocycles. The second kappa shape index (κ2) is 5.79. The Balaban J connectivity index is 2.35. The topological polar surface area (TPSA) is 72.2 Å². The fourth-order valence-electron chi connectivity index (χ4n) is 1.60. The van der Waals surface area contributed by atoms with Crippen molar-refractivity contribution >= 4 is 33.2 Å². The first-order chi connectivity index (χ1) is 9.49. The number of carbonyl (C=O) groups is 1. The highest BCUT2D eigenvalue weighted by Gasteiger charge is 2.21. The first-order valence-corrected chi connectivity index (χ1v) is 6.28. The SMILES string of the molecule is O=C(Nc1ccccc1Br)c1ccc(F)cc1[N+](=O)[O-]. The van der Waals surface area contributed by atoms with Crippen LogP contribution in [0.1, 0.15) is 10.4 Å². The lowest BCUT2D eigenvalue weighted by molar-refractivity contribution is -0.385. The van der Waals surface area contributed by atoms with Gasteiger partial charge in [0.15, 0.2) is 0 Å². The Morgan fingerprint density at radius 2 is 1.95 bits per heavy atom. The predicted molar refractivity (Wildman–Crippen MR) is 75.1 cm³/mol. The summed E-state index contributed by atoms with van der Waals surface area (Å²) in [5, 5.41) is 13.4. The minimum Gasteiger partial charge on any atom is -0.321 e. The van der Waals surface area contributed by atoms with E-state index >= 15 is 0 Å². The molecule has 2 rings (SSSR count). The van der Waals surface area contributed by atoms with Gasteiger partial charge in [-0.2, -0.15) is 0 Å². The lowest BCUT2D eigenvalue weighted by Gasteiger charge is -2.07. The first-order valence-electron chi connectivity index (χ1n) is 5.49. The van der Waals surface area contributed by atoms with E-state index in [0.717, 1.165) is 18.2 Å². The minimum absolute atomic E-state index is 0.202. The van der Waals surface area contributed by atoms with Gasteiger partial charge in [-0.1, -0.05) is 12.1 Å². The second-order valence-corrected chi connectivity index (χ2v) is 4.71. The third-order valence-electron chi connectivity index (χ3n) is 2.52. The van der Waals surface area contributed by atoms with E-state index in [2.05, 4.69) is 21.2 Å². The molecule has 0 heterocycles. The van der Waals surface area contributed by atoms with Crippen LogP contribution in [0.3, 0.4) is 0 Å². The number of anilines is 1. The van der Waals surface area contributed by atoms with Crippen LogP contribution in [-0.4, -0.2) is 10.8 Å². The largest absolute Gasteiger partial charge is 0.321 e. The fraction of sp³-hybridized carbons (Fsp3) is 0. The highest BCUT2D eigenvalue weighted by molar-refractivity contribution is 9.10. The van der Waals surface area contributed by atoms with E-state index in [1.165, 1.54) is 0 Å². The summed E-state index contributed by atoms with van der Waals surface area (Å²) in [7, 11) is 0. The van der Waals surface area contributed by atoms with Crippen molar-refractivity contribution in [3.05, 3.63) is 68.4 Å². The summed E-state index contributed by atoms with van der Waals surface area (Å²) >= 11 is 3.25. The molecule has 0 bridgehead atoms. The molecule has 0 aliphatic rings. The molecular formula is C13H8BrFN2O3. The summed E-state index contributed by atoms with van der Waals surface area (Å²) in [6, 6.07) is 9.63. The standard InChI is InChI=1S/C13H8BrFN2O3/c14-10-3-1-2-4-11(10)16-13(18)9-6-5-8(15)7-12(9)17(19)20/h1-7H,(H,16,18). The highest BCUT2D eigenvalue weighted by Crippen LogP contribution is 2.24. The molecule has 0 fully saturated rings. The molecule has 0 aliphatic carbocycles. The molecule has 5 nitrogen and oxygen atoms in total. The average molecular weight is 339 g/mol. The third-order valence-corrected chi connectivity index (χ3v) is 3.21. The Morgan fingerprint density at radius 3 is 2.60 bits per heavy atom. The number of carbonyl (C=O) groups excluding carboxylic acids is 1. The molecule has 20 heavy (non-hydrogen) atoms. The second-order valence-electron chi connectivity index (χ2n) is 3.85. The van der Waals surface area contributed by atoms with Crippen LogP contribution in [0, 0.1) is 15.9 Å². The van der Waals surface area contributed by atoms with Crippen molar-refractivity contribution in [2.45, 2.75) is 0 Å². The van der Waals surface area contributed by atoms with Gasteiger partial charge in [-0.15, -0.1) is 0 Å². The lowest BCUT2D eigenvalue weighted by Crippen LogP contribution is -2.14. The number of amides is 1. The van der Waals surface area contributed by atoms with Crippen molar-refractivity contribution in [1.29, 1.82) is 0 Å². The van der Waals surface area contributed by atoms with E-state index < -0.39 is 22.3 Å². The number of para-hydroxylation sites is 1. The average Bonchev–Trinajstić information content (AvgIpc) is 2.41. The normalized spacial score (nSPS) is 10.1. The number of benzene rings is 2. The zero-order valence-corrected chi connectivity index (χ0v) is 11.6. The van der Waals surface area contributed by atoms with E-state index in [9.17, 15) is 19.3 Å². The van der Waals surface area contributed by atoms with E-state index in [0.29, 0.717) is 10.2 Å². The Hall–Kier alpha value is -2.28. The Morgan fingerprint density at radius 1 is 1.25 bits per heavy atom. The maximum absolute atomic E-state index is 13.0. The van der Waals surface area contributed by atoms with Gasteiger partial charge in [-0.3, -0.25) is 14.9 Å². The quantitative estimate of drug-likeness (QED) is 0.684. The molecule has 0 saturated carbocycles. The molecule has 0 atom stereocenters.